The topological polar surface area (TPSA) is 29.9 Å². The highest BCUT2D eigenvalue weighted by atomic mass is 19.1. The minimum absolute atomic E-state index is 0.164. The minimum Gasteiger partial charge on any atom is -0.316 e. The monoisotopic (exact) mass is 247 g/mol. The average Bonchev–Trinajstić information content (AvgIpc) is 2.75. The van der Waals surface area contributed by atoms with Crippen molar-refractivity contribution in [1.82, 2.24) is 15.1 Å². The van der Waals surface area contributed by atoms with Crippen molar-refractivity contribution in [1.29, 1.82) is 0 Å². The van der Waals surface area contributed by atoms with Gasteiger partial charge in [-0.1, -0.05) is 12.1 Å². The average molecular weight is 247 g/mol. The lowest BCUT2D eigenvalue weighted by Crippen LogP contribution is -2.21. The van der Waals surface area contributed by atoms with Crippen LogP contribution in [-0.4, -0.2) is 22.9 Å². The molecular formula is C14H18FN3. The standard InChI is InChI=1S/C14H18FN3/c1-18-14(7-10-17-18)6-9-16-8-5-12-3-2-4-13(15)11-12/h2-4,7,10-11,16H,5-6,8-9H2,1H3. The van der Waals surface area contributed by atoms with Gasteiger partial charge in [0.2, 0.25) is 0 Å². The molecule has 1 aromatic carbocycles. The zero-order chi connectivity index (χ0) is 12.8. The molecule has 1 N–H and O–H groups in total. The summed E-state index contributed by atoms with van der Waals surface area (Å²) in [5, 5.41) is 7.48. The highest BCUT2D eigenvalue weighted by molar-refractivity contribution is 5.16. The Bertz CT molecular complexity index is 493. The zero-order valence-corrected chi connectivity index (χ0v) is 10.6. The number of halogens is 1. The molecule has 0 bridgehead atoms. The van der Waals surface area contributed by atoms with Crippen LogP contribution in [0.3, 0.4) is 0 Å². The van der Waals surface area contributed by atoms with Crippen molar-refractivity contribution in [3.05, 3.63) is 53.6 Å². The van der Waals surface area contributed by atoms with Crippen LogP contribution in [0, 0.1) is 5.82 Å². The fraction of sp³-hybridized carbons (Fsp3) is 0.357. The van der Waals surface area contributed by atoms with Crippen molar-refractivity contribution >= 4 is 0 Å². The third-order valence-electron chi connectivity index (χ3n) is 2.96. The first kappa shape index (κ1) is 12.8. The molecule has 0 saturated heterocycles. The second-order valence-electron chi connectivity index (χ2n) is 4.33. The van der Waals surface area contributed by atoms with Gasteiger partial charge in [-0.05, 0) is 36.7 Å². The first-order valence-corrected chi connectivity index (χ1v) is 6.18. The van der Waals surface area contributed by atoms with E-state index in [1.54, 1.807) is 12.1 Å². The number of hydrogen-bond acceptors (Lipinski definition) is 2. The summed E-state index contributed by atoms with van der Waals surface area (Å²) in [4.78, 5) is 0. The number of aromatic nitrogens is 2. The normalized spacial score (nSPS) is 10.8. The molecule has 18 heavy (non-hydrogen) atoms. The number of aryl methyl sites for hydroxylation is 1. The van der Waals surface area contributed by atoms with Gasteiger partial charge in [-0.3, -0.25) is 4.68 Å². The number of hydrogen-bond donors (Lipinski definition) is 1. The van der Waals surface area contributed by atoms with Gasteiger partial charge in [-0.25, -0.2) is 4.39 Å². The first-order chi connectivity index (χ1) is 8.75. The van der Waals surface area contributed by atoms with Gasteiger partial charge in [0.15, 0.2) is 0 Å². The molecule has 4 heteroatoms. The number of nitrogens with one attached hydrogen (secondary N) is 1. The fourth-order valence-electron chi connectivity index (χ4n) is 1.91. The van der Waals surface area contributed by atoms with E-state index in [0.717, 1.165) is 31.5 Å². The fourth-order valence-corrected chi connectivity index (χ4v) is 1.91. The van der Waals surface area contributed by atoms with Crippen molar-refractivity contribution in [3.63, 3.8) is 0 Å². The number of nitrogens with zero attached hydrogens (tertiary/aromatic N) is 2. The van der Waals surface area contributed by atoms with Gasteiger partial charge in [0.1, 0.15) is 5.82 Å². The van der Waals surface area contributed by atoms with Crippen LogP contribution in [0.5, 0.6) is 0 Å². The Hall–Kier alpha value is -1.68. The summed E-state index contributed by atoms with van der Waals surface area (Å²) >= 11 is 0. The lowest BCUT2D eigenvalue weighted by atomic mass is 10.1. The maximum atomic E-state index is 12.9. The van der Waals surface area contributed by atoms with Gasteiger partial charge in [0.05, 0.1) is 0 Å². The van der Waals surface area contributed by atoms with E-state index < -0.39 is 0 Å². The molecule has 0 unspecified atom stereocenters. The van der Waals surface area contributed by atoms with E-state index in [1.807, 2.05) is 30.1 Å². The third-order valence-corrected chi connectivity index (χ3v) is 2.96. The van der Waals surface area contributed by atoms with Crippen LogP contribution in [0.25, 0.3) is 0 Å². The predicted octanol–water partition coefficient (Wildman–Crippen LogP) is 1.93. The van der Waals surface area contributed by atoms with Gasteiger partial charge in [-0.15, -0.1) is 0 Å². The smallest absolute Gasteiger partial charge is 0.123 e. The Kier molecular flexibility index (Phi) is 4.47. The Morgan fingerprint density at radius 1 is 1.22 bits per heavy atom. The minimum atomic E-state index is -0.164. The van der Waals surface area contributed by atoms with Gasteiger partial charge in [-0.2, -0.15) is 5.10 Å². The molecule has 1 heterocycles. The summed E-state index contributed by atoms with van der Waals surface area (Å²) < 4.78 is 14.8. The van der Waals surface area contributed by atoms with Crippen molar-refractivity contribution in [2.45, 2.75) is 12.8 Å². The van der Waals surface area contributed by atoms with Crippen LogP contribution in [0.2, 0.25) is 0 Å². The van der Waals surface area contributed by atoms with Crippen LogP contribution in [0.1, 0.15) is 11.3 Å². The molecule has 0 aliphatic heterocycles. The van der Waals surface area contributed by atoms with Crippen molar-refractivity contribution in [3.8, 4) is 0 Å². The molecule has 0 aliphatic carbocycles. The van der Waals surface area contributed by atoms with Crippen molar-refractivity contribution in [2.24, 2.45) is 7.05 Å². The summed E-state index contributed by atoms with van der Waals surface area (Å²) in [7, 11) is 1.95. The molecule has 96 valence electrons. The van der Waals surface area contributed by atoms with Crippen LogP contribution < -0.4 is 5.32 Å². The second-order valence-corrected chi connectivity index (χ2v) is 4.33. The Morgan fingerprint density at radius 3 is 2.78 bits per heavy atom. The highest BCUT2D eigenvalue weighted by Gasteiger charge is 1.98. The Morgan fingerprint density at radius 2 is 2.06 bits per heavy atom. The largest absolute Gasteiger partial charge is 0.316 e. The van der Waals surface area contributed by atoms with E-state index in [9.17, 15) is 4.39 Å². The van der Waals surface area contributed by atoms with Gasteiger partial charge >= 0.3 is 0 Å². The summed E-state index contributed by atoms with van der Waals surface area (Å²) in [6.45, 7) is 1.77. The molecule has 0 radical (unpaired) electrons. The molecule has 0 aliphatic rings. The van der Waals surface area contributed by atoms with Crippen LogP contribution in [0.15, 0.2) is 36.5 Å². The number of rotatable bonds is 6. The summed E-state index contributed by atoms with van der Waals surface area (Å²) in [6.07, 6.45) is 3.62. The lowest BCUT2D eigenvalue weighted by molar-refractivity contribution is 0.620. The molecule has 0 amide bonds. The SMILES string of the molecule is Cn1nccc1CCNCCc1cccc(F)c1. The summed E-state index contributed by atoms with van der Waals surface area (Å²) in [6, 6.07) is 8.78. The van der Waals surface area contributed by atoms with E-state index in [1.165, 1.54) is 11.8 Å². The maximum Gasteiger partial charge on any atom is 0.123 e. The van der Waals surface area contributed by atoms with E-state index in [0.29, 0.717) is 0 Å². The molecule has 1 aromatic heterocycles. The third kappa shape index (κ3) is 3.67. The van der Waals surface area contributed by atoms with Crippen LogP contribution >= 0.6 is 0 Å². The van der Waals surface area contributed by atoms with E-state index >= 15 is 0 Å². The molecule has 2 rings (SSSR count). The van der Waals surface area contributed by atoms with Crippen molar-refractivity contribution < 1.29 is 4.39 Å². The first-order valence-electron chi connectivity index (χ1n) is 6.18. The number of benzene rings is 1. The maximum absolute atomic E-state index is 12.9. The molecule has 2 aromatic rings. The highest BCUT2D eigenvalue weighted by Crippen LogP contribution is 2.03. The molecule has 0 atom stereocenters. The van der Waals surface area contributed by atoms with Gasteiger partial charge in [0, 0.05) is 31.9 Å². The zero-order valence-electron chi connectivity index (χ0n) is 10.6. The Balaban J connectivity index is 1.66. The summed E-state index contributed by atoms with van der Waals surface area (Å²) in [5.74, 6) is -0.164. The van der Waals surface area contributed by atoms with E-state index in [2.05, 4.69) is 10.4 Å². The molecule has 0 saturated carbocycles. The van der Waals surface area contributed by atoms with E-state index in [4.69, 9.17) is 0 Å². The Labute approximate surface area is 107 Å². The van der Waals surface area contributed by atoms with Crippen LogP contribution in [0.4, 0.5) is 4.39 Å². The predicted molar refractivity (Wildman–Crippen MR) is 69.9 cm³/mol. The second kappa shape index (κ2) is 6.31. The quantitative estimate of drug-likeness (QED) is 0.791. The molecule has 0 fully saturated rings. The van der Waals surface area contributed by atoms with Gasteiger partial charge < -0.3 is 5.32 Å². The molecule has 0 spiro atoms. The van der Waals surface area contributed by atoms with E-state index in [-0.39, 0.29) is 5.82 Å². The van der Waals surface area contributed by atoms with Crippen LogP contribution in [-0.2, 0) is 19.9 Å². The van der Waals surface area contributed by atoms with Crippen molar-refractivity contribution in [2.75, 3.05) is 13.1 Å². The lowest BCUT2D eigenvalue weighted by Gasteiger charge is -2.05. The molecule has 3 nitrogen and oxygen atoms in total. The summed E-state index contributed by atoms with van der Waals surface area (Å²) in [5.41, 5.74) is 2.25. The van der Waals surface area contributed by atoms with Gasteiger partial charge in [0.25, 0.3) is 0 Å². The molecular weight excluding hydrogens is 229 g/mol.